The standard InChI is InChI=1S/C24H18ClNO4/c1-28-22-13-17(10-11-21(22)29-15-16-6-3-2-4-7-16)12-20-24(27)30-23(26-20)18-8-5-9-19(25)14-18/h2-14H,15H2,1H3/b20-12-. The van der Waals surface area contributed by atoms with Crippen LogP contribution in [-0.2, 0) is 16.1 Å². The molecule has 0 bridgehead atoms. The molecule has 0 saturated heterocycles. The molecule has 6 heteroatoms. The number of esters is 1. The molecule has 1 aliphatic rings. The third kappa shape index (κ3) is 4.53. The number of nitrogens with zero attached hydrogens (tertiary/aromatic N) is 1. The second-order valence-corrected chi connectivity index (χ2v) is 6.97. The summed E-state index contributed by atoms with van der Waals surface area (Å²) in [4.78, 5) is 16.5. The van der Waals surface area contributed by atoms with Gasteiger partial charge in [-0.1, -0.05) is 54.1 Å². The highest BCUT2D eigenvalue weighted by atomic mass is 35.5. The molecule has 0 saturated carbocycles. The minimum Gasteiger partial charge on any atom is -0.493 e. The third-order valence-corrected chi connectivity index (χ3v) is 4.66. The number of rotatable bonds is 6. The number of carbonyl (C=O) groups excluding carboxylic acids is 1. The fraction of sp³-hybridized carbons (Fsp3) is 0.0833. The first-order valence-corrected chi connectivity index (χ1v) is 9.63. The zero-order valence-electron chi connectivity index (χ0n) is 16.2. The lowest BCUT2D eigenvalue weighted by atomic mass is 10.1. The smallest absolute Gasteiger partial charge is 0.363 e. The summed E-state index contributed by atoms with van der Waals surface area (Å²) in [6.45, 7) is 0.428. The van der Waals surface area contributed by atoms with E-state index in [0.717, 1.165) is 11.1 Å². The molecular formula is C24H18ClNO4. The summed E-state index contributed by atoms with van der Waals surface area (Å²) in [5.74, 6) is 0.878. The van der Waals surface area contributed by atoms with E-state index in [2.05, 4.69) is 4.99 Å². The fourth-order valence-electron chi connectivity index (χ4n) is 2.94. The van der Waals surface area contributed by atoms with Gasteiger partial charge in [0.15, 0.2) is 17.2 Å². The van der Waals surface area contributed by atoms with Crippen molar-refractivity contribution in [2.75, 3.05) is 7.11 Å². The monoisotopic (exact) mass is 419 g/mol. The average Bonchev–Trinajstić information content (AvgIpc) is 3.13. The molecular weight excluding hydrogens is 402 g/mol. The van der Waals surface area contributed by atoms with Gasteiger partial charge in [-0.15, -0.1) is 0 Å². The summed E-state index contributed by atoms with van der Waals surface area (Å²) in [7, 11) is 1.57. The number of hydrogen-bond acceptors (Lipinski definition) is 5. The molecule has 3 aromatic rings. The van der Waals surface area contributed by atoms with Gasteiger partial charge in [0.2, 0.25) is 5.90 Å². The SMILES string of the molecule is COc1cc(/C=C2\N=C(c3cccc(Cl)c3)OC2=O)ccc1OCc1ccccc1. The fourth-order valence-corrected chi connectivity index (χ4v) is 3.13. The quantitative estimate of drug-likeness (QED) is 0.403. The van der Waals surface area contributed by atoms with E-state index in [4.69, 9.17) is 25.8 Å². The molecule has 0 aliphatic carbocycles. The molecule has 0 fully saturated rings. The van der Waals surface area contributed by atoms with Gasteiger partial charge in [-0.2, -0.15) is 0 Å². The van der Waals surface area contributed by atoms with Crippen molar-refractivity contribution in [2.45, 2.75) is 6.61 Å². The number of carbonyl (C=O) groups is 1. The summed E-state index contributed by atoms with van der Waals surface area (Å²) in [5.41, 5.74) is 2.63. The Hall–Kier alpha value is -3.57. The van der Waals surface area contributed by atoms with Crippen molar-refractivity contribution in [3.8, 4) is 11.5 Å². The van der Waals surface area contributed by atoms with Gasteiger partial charge in [-0.3, -0.25) is 0 Å². The zero-order chi connectivity index (χ0) is 20.9. The molecule has 0 aromatic heterocycles. The maximum atomic E-state index is 12.2. The van der Waals surface area contributed by atoms with Gasteiger partial charge in [0.1, 0.15) is 6.61 Å². The van der Waals surface area contributed by atoms with Crippen molar-refractivity contribution < 1.29 is 19.0 Å². The number of ether oxygens (including phenoxy) is 3. The molecule has 1 heterocycles. The van der Waals surface area contributed by atoms with Crippen LogP contribution in [0.1, 0.15) is 16.7 Å². The van der Waals surface area contributed by atoms with Gasteiger partial charge in [-0.25, -0.2) is 9.79 Å². The van der Waals surface area contributed by atoms with Crippen molar-refractivity contribution >= 4 is 29.5 Å². The molecule has 150 valence electrons. The summed E-state index contributed by atoms with van der Waals surface area (Å²) in [6, 6.07) is 22.3. The Balaban J connectivity index is 1.55. The van der Waals surface area contributed by atoms with Gasteiger partial charge >= 0.3 is 5.97 Å². The highest BCUT2D eigenvalue weighted by Gasteiger charge is 2.24. The molecule has 5 nitrogen and oxygen atoms in total. The van der Waals surface area contributed by atoms with E-state index in [1.807, 2.05) is 36.4 Å². The Labute approximate surface area is 179 Å². The van der Waals surface area contributed by atoms with Crippen LogP contribution in [0.15, 0.2) is 83.5 Å². The Bertz CT molecular complexity index is 1140. The largest absolute Gasteiger partial charge is 0.493 e. The van der Waals surface area contributed by atoms with Gasteiger partial charge in [0, 0.05) is 10.6 Å². The van der Waals surface area contributed by atoms with E-state index in [1.165, 1.54) is 0 Å². The molecule has 4 rings (SSSR count). The summed E-state index contributed by atoms with van der Waals surface area (Å²) in [6.07, 6.45) is 1.64. The lowest BCUT2D eigenvalue weighted by molar-refractivity contribution is -0.129. The van der Waals surface area contributed by atoms with Gasteiger partial charge < -0.3 is 14.2 Å². The maximum Gasteiger partial charge on any atom is 0.363 e. The van der Waals surface area contributed by atoms with E-state index in [1.54, 1.807) is 49.6 Å². The lowest BCUT2D eigenvalue weighted by Gasteiger charge is -2.11. The molecule has 0 spiro atoms. The molecule has 30 heavy (non-hydrogen) atoms. The summed E-state index contributed by atoms with van der Waals surface area (Å²) < 4.78 is 16.6. The Morgan fingerprint density at radius 3 is 2.60 bits per heavy atom. The van der Waals surface area contributed by atoms with Crippen LogP contribution in [0.25, 0.3) is 6.08 Å². The Kier molecular flexibility index (Phi) is 5.82. The number of methoxy groups -OCH3 is 1. The van der Waals surface area contributed by atoms with Crippen LogP contribution in [0.2, 0.25) is 5.02 Å². The van der Waals surface area contributed by atoms with Crippen molar-refractivity contribution in [3.05, 3.63) is 100 Å². The highest BCUT2D eigenvalue weighted by molar-refractivity contribution is 6.31. The predicted molar refractivity (Wildman–Crippen MR) is 116 cm³/mol. The molecule has 1 aliphatic heterocycles. The molecule has 0 radical (unpaired) electrons. The number of benzene rings is 3. The van der Waals surface area contributed by atoms with Crippen LogP contribution in [0, 0.1) is 0 Å². The second-order valence-electron chi connectivity index (χ2n) is 6.53. The van der Waals surface area contributed by atoms with E-state index in [9.17, 15) is 4.79 Å². The highest BCUT2D eigenvalue weighted by Crippen LogP contribution is 2.30. The summed E-state index contributed by atoms with van der Waals surface area (Å²) >= 11 is 6.00. The third-order valence-electron chi connectivity index (χ3n) is 4.42. The number of aliphatic imine (C=N–C) groups is 1. The zero-order valence-corrected chi connectivity index (χ0v) is 16.9. The van der Waals surface area contributed by atoms with Crippen LogP contribution in [-0.4, -0.2) is 19.0 Å². The molecule has 0 unspecified atom stereocenters. The van der Waals surface area contributed by atoms with Gasteiger partial charge in [0.05, 0.1) is 7.11 Å². The second kappa shape index (κ2) is 8.84. The van der Waals surface area contributed by atoms with Crippen molar-refractivity contribution in [2.24, 2.45) is 4.99 Å². The first kappa shape index (κ1) is 19.7. The van der Waals surface area contributed by atoms with Crippen molar-refractivity contribution in [1.82, 2.24) is 0 Å². The van der Waals surface area contributed by atoms with Crippen LogP contribution < -0.4 is 9.47 Å². The number of cyclic esters (lactones) is 1. The molecule has 3 aromatic carbocycles. The Morgan fingerprint density at radius 1 is 1.00 bits per heavy atom. The predicted octanol–water partition coefficient (Wildman–Crippen LogP) is 5.27. The van der Waals surface area contributed by atoms with Crippen LogP contribution in [0.5, 0.6) is 11.5 Å². The van der Waals surface area contributed by atoms with Gasteiger partial charge in [0.25, 0.3) is 0 Å². The minimum absolute atomic E-state index is 0.199. The van der Waals surface area contributed by atoms with Crippen molar-refractivity contribution in [1.29, 1.82) is 0 Å². The van der Waals surface area contributed by atoms with Crippen LogP contribution in [0.3, 0.4) is 0 Å². The number of halogens is 1. The van der Waals surface area contributed by atoms with Crippen LogP contribution >= 0.6 is 11.6 Å². The lowest BCUT2D eigenvalue weighted by Crippen LogP contribution is -2.05. The normalized spacial score (nSPS) is 14.4. The van der Waals surface area contributed by atoms with E-state index in [-0.39, 0.29) is 11.6 Å². The maximum absolute atomic E-state index is 12.2. The number of hydrogen-bond donors (Lipinski definition) is 0. The first-order chi connectivity index (χ1) is 14.6. The molecule has 0 amide bonds. The van der Waals surface area contributed by atoms with Crippen LogP contribution in [0.4, 0.5) is 0 Å². The van der Waals surface area contributed by atoms with E-state index < -0.39 is 5.97 Å². The topological polar surface area (TPSA) is 57.1 Å². The van der Waals surface area contributed by atoms with Crippen molar-refractivity contribution in [3.63, 3.8) is 0 Å². The van der Waals surface area contributed by atoms with E-state index >= 15 is 0 Å². The minimum atomic E-state index is -0.520. The van der Waals surface area contributed by atoms with E-state index in [0.29, 0.717) is 28.7 Å². The Morgan fingerprint density at radius 2 is 1.83 bits per heavy atom. The molecule has 0 N–H and O–H groups in total. The van der Waals surface area contributed by atoms with Gasteiger partial charge in [-0.05, 0) is 47.5 Å². The summed E-state index contributed by atoms with van der Waals surface area (Å²) in [5, 5.41) is 0.541. The average molecular weight is 420 g/mol. The first-order valence-electron chi connectivity index (χ1n) is 9.25. The molecule has 0 atom stereocenters.